The molecule has 1 heterocycles. The van der Waals surface area contributed by atoms with Crippen molar-refractivity contribution in [2.24, 2.45) is 0 Å². The summed E-state index contributed by atoms with van der Waals surface area (Å²) in [6.45, 7) is 4.27. The minimum atomic E-state index is 0.828. The molecule has 78 valence electrons. The van der Waals surface area contributed by atoms with Crippen LogP contribution < -0.4 is 0 Å². The van der Waals surface area contributed by atoms with E-state index in [0.717, 1.165) is 16.0 Å². The molecule has 0 saturated heterocycles. The summed E-state index contributed by atoms with van der Waals surface area (Å²) in [7, 11) is 0. The minimum Gasteiger partial charge on any atom is -0.240 e. The largest absolute Gasteiger partial charge is 0.240 e. The Morgan fingerprint density at radius 1 is 1.27 bits per heavy atom. The highest BCUT2D eigenvalue weighted by molar-refractivity contribution is 9.08. The summed E-state index contributed by atoms with van der Waals surface area (Å²) in [5.41, 5.74) is 4.97. The lowest BCUT2D eigenvalue weighted by atomic mass is 10.1. The van der Waals surface area contributed by atoms with Crippen molar-refractivity contribution in [1.29, 1.82) is 0 Å². The van der Waals surface area contributed by atoms with E-state index < -0.39 is 0 Å². The summed E-state index contributed by atoms with van der Waals surface area (Å²) in [5.74, 6) is 0. The molecule has 0 aliphatic carbocycles. The van der Waals surface area contributed by atoms with Crippen molar-refractivity contribution in [2.45, 2.75) is 19.2 Å². The molecule has 0 atom stereocenters. The fourth-order valence-corrected chi connectivity index (χ4v) is 2.69. The number of thiazole rings is 1. The van der Waals surface area contributed by atoms with Crippen LogP contribution in [-0.4, -0.2) is 4.98 Å². The van der Waals surface area contributed by atoms with E-state index in [1.807, 2.05) is 0 Å². The van der Waals surface area contributed by atoms with Gasteiger partial charge in [-0.05, 0) is 31.0 Å². The van der Waals surface area contributed by atoms with Gasteiger partial charge in [0.15, 0.2) is 0 Å². The van der Waals surface area contributed by atoms with Gasteiger partial charge in [-0.15, -0.1) is 11.3 Å². The summed E-state index contributed by atoms with van der Waals surface area (Å²) in [6, 6.07) is 6.49. The first-order valence-electron chi connectivity index (χ1n) is 4.78. The standard InChI is InChI=1S/C12H12BrNS/c1-8-3-4-10(5-9(8)2)12-14-11(6-13)7-15-12/h3-5,7H,6H2,1-2H3. The van der Waals surface area contributed by atoms with Gasteiger partial charge in [-0.25, -0.2) is 4.98 Å². The smallest absolute Gasteiger partial charge is 0.123 e. The number of benzene rings is 1. The first-order valence-corrected chi connectivity index (χ1v) is 6.79. The molecule has 0 radical (unpaired) electrons. The van der Waals surface area contributed by atoms with Crippen molar-refractivity contribution in [3.8, 4) is 10.6 Å². The summed E-state index contributed by atoms with van der Waals surface area (Å²) < 4.78 is 0. The topological polar surface area (TPSA) is 12.9 Å². The Morgan fingerprint density at radius 3 is 2.67 bits per heavy atom. The molecule has 15 heavy (non-hydrogen) atoms. The highest BCUT2D eigenvalue weighted by Gasteiger charge is 2.04. The van der Waals surface area contributed by atoms with E-state index in [1.54, 1.807) is 11.3 Å². The Morgan fingerprint density at radius 2 is 2.07 bits per heavy atom. The van der Waals surface area contributed by atoms with Gasteiger partial charge in [0.25, 0.3) is 0 Å². The van der Waals surface area contributed by atoms with Gasteiger partial charge in [0.05, 0.1) is 5.69 Å². The number of aromatic nitrogens is 1. The molecule has 0 bridgehead atoms. The predicted molar refractivity (Wildman–Crippen MR) is 69.7 cm³/mol. The zero-order valence-corrected chi connectivity index (χ0v) is 11.2. The van der Waals surface area contributed by atoms with Crippen LogP contribution in [0.25, 0.3) is 10.6 Å². The normalized spacial score (nSPS) is 10.6. The number of halogens is 1. The molecule has 1 aromatic carbocycles. The van der Waals surface area contributed by atoms with Gasteiger partial charge in [0.2, 0.25) is 0 Å². The van der Waals surface area contributed by atoms with Crippen LogP contribution in [0.1, 0.15) is 16.8 Å². The van der Waals surface area contributed by atoms with E-state index in [1.165, 1.54) is 16.7 Å². The zero-order valence-electron chi connectivity index (χ0n) is 8.75. The molecular formula is C12H12BrNS. The van der Waals surface area contributed by atoms with Gasteiger partial charge in [0, 0.05) is 16.3 Å². The molecule has 0 spiro atoms. The number of hydrogen-bond donors (Lipinski definition) is 0. The molecule has 1 nitrogen and oxygen atoms in total. The van der Waals surface area contributed by atoms with E-state index in [-0.39, 0.29) is 0 Å². The van der Waals surface area contributed by atoms with Crippen molar-refractivity contribution >= 4 is 27.3 Å². The first kappa shape index (κ1) is 10.8. The van der Waals surface area contributed by atoms with Crippen molar-refractivity contribution in [3.05, 3.63) is 40.4 Å². The molecular weight excluding hydrogens is 270 g/mol. The maximum absolute atomic E-state index is 4.54. The maximum Gasteiger partial charge on any atom is 0.123 e. The molecule has 0 aliphatic heterocycles. The van der Waals surface area contributed by atoms with Crippen LogP contribution in [0.15, 0.2) is 23.6 Å². The molecule has 0 aliphatic rings. The zero-order chi connectivity index (χ0) is 10.8. The van der Waals surface area contributed by atoms with Crippen molar-refractivity contribution in [2.75, 3.05) is 0 Å². The molecule has 0 unspecified atom stereocenters. The predicted octanol–water partition coefficient (Wildman–Crippen LogP) is 4.32. The Hall–Kier alpha value is -0.670. The fourth-order valence-electron chi connectivity index (χ4n) is 1.38. The highest BCUT2D eigenvalue weighted by Crippen LogP contribution is 2.26. The van der Waals surface area contributed by atoms with Gasteiger partial charge in [-0.1, -0.05) is 28.1 Å². The Balaban J connectivity index is 2.40. The van der Waals surface area contributed by atoms with Gasteiger partial charge in [-0.2, -0.15) is 0 Å². The molecule has 0 N–H and O–H groups in total. The quantitative estimate of drug-likeness (QED) is 0.747. The van der Waals surface area contributed by atoms with Gasteiger partial charge >= 0.3 is 0 Å². The van der Waals surface area contributed by atoms with Gasteiger partial charge < -0.3 is 0 Å². The average molecular weight is 282 g/mol. The summed E-state index contributed by atoms with van der Waals surface area (Å²) in [5, 5.41) is 4.03. The lowest BCUT2D eigenvalue weighted by molar-refractivity contribution is 1.24. The molecule has 2 aromatic rings. The maximum atomic E-state index is 4.54. The van der Waals surface area contributed by atoms with Gasteiger partial charge in [-0.3, -0.25) is 0 Å². The number of alkyl halides is 1. The number of nitrogens with zero attached hydrogens (tertiary/aromatic N) is 1. The number of aryl methyl sites for hydroxylation is 2. The molecule has 0 amide bonds. The lowest BCUT2D eigenvalue weighted by Crippen LogP contribution is -1.83. The second-order valence-electron chi connectivity index (χ2n) is 3.58. The highest BCUT2D eigenvalue weighted by atomic mass is 79.9. The van der Waals surface area contributed by atoms with Crippen LogP contribution in [0, 0.1) is 13.8 Å². The summed E-state index contributed by atoms with van der Waals surface area (Å²) >= 11 is 5.11. The first-order chi connectivity index (χ1) is 7.20. The Bertz CT molecular complexity index is 476. The second kappa shape index (κ2) is 4.45. The molecule has 0 saturated carbocycles. The van der Waals surface area contributed by atoms with Crippen LogP contribution in [-0.2, 0) is 5.33 Å². The number of rotatable bonds is 2. The monoisotopic (exact) mass is 281 g/mol. The summed E-state index contributed by atoms with van der Waals surface area (Å²) in [4.78, 5) is 4.54. The van der Waals surface area contributed by atoms with Gasteiger partial charge in [0.1, 0.15) is 5.01 Å². The van der Waals surface area contributed by atoms with E-state index in [0.29, 0.717) is 0 Å². The minimum absolute atomic E-state index is 0.828. The third-order valence-electron chi connectivity index (χ3n) is 2.44. The molecule has 1 aromatic heterocycles. The molecule has 2 rings (SSSR count). The Labute approximate surface area is 102 Å². The number of hydrogen-bond acceptors (Lipinski definition) is 2. The van der Waals surface area contributed by atoms with Crippen LogP contribution in [0.3, 0.4) is 0 Å². The van der Waals surface area contributed by atoms with Crippen LogP contribution >= 0.6 is 27.3 Å². The van der Waals surface area contributed by atoms with Crippen LogP contribution in [0.5, 0.6) is 0 Å². The molecule has 3 heteroatoms. The fraction of sp³-hybridized carbons (Fsp3) is 0.250. The van der Waals surface area contributed by atoms with Crippen LogP contribution in [0.4, 0.5) is 0 Å². The van der Waals surface area contributed by atoms with Crippen molar-refractivity contribution < 1.29 is 0 Å². The van der Waals surface area contributed by atoms with E-state index >= 15 is 0 Å². The van der Waals surface area contributed by atoms with Crippen molar-refractivity contribution in [3.63, 3.8) is 0 Å². The van der Waals surface area contributed by atoms with Crippen molar-refractivity contribution in [1.82, 2.24) is 4.98 Å². The second-order valence-corrected chi connectivity index (χ2v) is 5.00. The SMILES string of the molecule is Cc1ccc(-c2nc(CBr)cs2)cc1C. The summed E-state index contributed by atoms with van der Waals surface area (Å²) in [6.07, 6.45) is 0. The lowest BCUT2D eigenvalue weighted by Gasteiger charge is -2.01. The van der Waals surface area contributed by atoms with E-state index in [9.17, 15) is 0 Å². The van der Waals surface area contributed by atoms with E-state index in [4.69, 9.17) is 0 Å². The van der Waals surface area contributed by atoms with Crippen LogP contribution in [0.2, 0.25) is 0 Å². The van der Waals surface area contributed by atoms with E-state index in [2.05, 4.69) is 58.3 Å². The average Bonchev–Trinajstić information content (AvgIpc) is 2.70. The molecule has 0 fully saturated rings. The third-order valence-corrected chi connectivity index (χ3v) is 3.96. The third kappa shape index (κ3) is 2.29. The Kier molecular flexibility index (Phi) is 3.22.